The van der Waals surface area contributed by atoms with Crippen LogP contribution in [0.1, 0.15) is 57.6 Å². The minimum Gasteiger partial charge on any atom is -0.472 e. The van der Waals surface area contributed by atoms with E-state index in [4.69, 9.17) is 23.4 Å². The number of Topliss-reactive ketones (excluding diaryl/α,β-unsaturated/α-hetero) is 1. The van der Waals surface area contributed by atoms with E-state index >= 15 is 0 Å². The van der Waals surface area contributed by atoms with Gasteiger partial charge in [0.05, 0.1) is 50.1 Å². The van der Waals surface area contributed by atoms with Crippen LogP contribution in [0.3, 0.4) is 0 Å². The van der Waals surface area contributed by atoms with Crippen molar-refractivity contribution in [1.29, 1.82) is 0 Å². The minimum absolute atomic E-state index is 0.0675. The van der Waals surface area contributed by atoms with E-state index in [1.54, 1.807) is 25.7 Å². The van der Waals surface area contributed by atoms with Gasteiger partial charge in [-0.2, -0.15) is 0 Å². The summed E-state index contributed by atoms with van der Waals surface area (Å²) < 4.78 is 28.7. The number of methoxy groups -OCH3 is 2. The summed E-state index contributed by atoms with van der Waals surface area (Å²) in [6, 6.07) is 1.79. The fourth-order valence-corrected chi connectivity index (χ4v) is 7.78. The van der Waals surface area contributed by atoms with Gasteiger partial charge in [0.15, 0.2) is 0 Å². The maximum atomic E-state index is 14.7. The molecule has 8 nitrogen and oxygen atoms in total. The number of carbonyl (C=O) groups is 3. The van der Waals surface area contributed by atoms with E-state index in [1.807, 2.05) is 13.8 Å². The van der Waals surface area contributed by atoms with Crippen LogP contribution >= 0.6 is 22.6 Å². The van der Waals surface area contributed by atoms with Crippen molar-refractivity contribution in [3.05, 3.63) is 24.2 Å². The van der Waals surface area contributed by atoms with Gasteiger partial charge in [0.1, 0.15) is 11.9 Å². The second-order valence-corrected chi connectivity index (χ2v) is 12.2. The van der Waals surface area contributed by atoms with Gasteiger partial charge in [-0.3, -0.25) is 14.4 Å². The molecule has 3 aliphatic rings. The summed E-state index contributed by atoms with van der Waals surface area (Å²) in [7, 11) is 2.98. The van der Waals surface area contributed by atoms with Gasteiger partial charge in [-0.1, -0.05) is 36.4 Å². The number of hydrogen-bond donors (Lipinski definition) is 0. The summed E-state index contributed by atoms with van der Waals surface area (Å²) in [4.78, 5) is 41.3. The van der Waals surface area contributed by atoms with Crippen LogP contribution in [-0.2, 0) is 33.3 Å². The summed E-state index contributed by atoms with van der Waals surface area (Å²) in [6.45, 7) is 5.26. The summed E-state index contributed by atoms with van der Waals surface area (Å²) in [5, 5.41) is 0. The van der Waals surface area contributed by atoms with Crippen LogP contribution in [0.25, 0.3) is 0 Å². The van der Waals surface area contributed by atoms with Crippen LogP contribution in [0.5, 0.6) is 0 Å². The molecular formula is C27H37IO8. The third-order valence-corrected chi connectivity index (χ3v) is 9.64. The average Bonchev–Trinajstić information content (AvgIpc) is 3.38. The highest BCUT2D eigenvalue weighted by Gasteiger charge is 2.69. The molecule has 1 aromatic heterocycles. The van der Waals surface area contributed by atoms with Crippen LogP contribution in [0.15, 0.2) is 23.0 Å². The molecule has 2 aliphatic carbocycles. The molecular weight excluding hydrogens is 579 g/mol. The Hall–Kier alpha value is -1.46. The Labute approximate surface area is 226 Å². The molecule has 36 heavy (non-hydrogen) atoms. The van der Waals surface area contributed by atoms with Gasteiger partial charge in [-0.25, -0.2) is 0 Å². The third-order valence-electron chi connectivity index (χ3n) is 9.20. The molecule has 0 amide bonds. The number of carbonyl (C=O) groups excluding carboxylic acids is 3. The number of ether oxygens (including phenoxy) is 4. The van der Waals surface area contributed by atoms with E-state index in [0.717, 1.165) is 9.99 Å². The van der Waals surface area contributed by atoms with Gasteiger partial charge in [0.25, 0.3) is 0 Å². The average molecular weight is 616 g/mol. The molecule has 1 saturated heterocycles. The van der Waals surface area contributed by atoms with Crippen molar-refractivity contribution in [3.8, 4) is 0 Å². The largest absolute Gasteiger partial charge is 0.472 e. The number of rotatable bonds is 9. The van der Waals surface area contributed by atoms with Gasteiger partial charge < -0.3 is 23.4 Å². The molecule has 1 aliphatic heterocycles. The lowest BCUT2D eigenvalue weighted by molar-refractivity contribution is -0.212. The number of cyclic esters (lactones) is 1. The fraction of sp³-hybridized carbons (Fsp3) is 0.741. The molecule has 0 aromatic carbocycles. The minimum atomic E-state index is -0.902. The Morgan fingerprint density at radius 2 is 1.94 bits per heavy atom. The van der Waals surface area contributed by atoms with E-state index in [9.17, 15) is 14.4 Å². The first-order chi connectivity index (χ1) is 17.2. The topological polar surface area (TPSA) is 101 Å². The molecule has 1 aromatic rings. The molecule has 4 rings (SSSR count). The summed E-state index contributed by atoms with van der Waals surface area (Å²) in [5.74, 6) is -1.98. The van der Waals surface area contributed by atoms with E-state index in [-0.39, 0.29) is 24.3 Å². The number of hydrogen-bond acceptors (Lipinski definition) is 8. The first-order valence-electron chi connectivity index (χ1n) is 12.6. The highest BCUT2D eigenvalue weighted by Crippen LogP contribution is 2.67. The zero-order valence-corrected chi connectivity index (χ0v) is 23.7. The van der Waals surface area contributed by atoms with E-state index < -0.39 is 40.1 Å². The van der Waals surface area contributed by atoms with Gasteiger partial charge in [0.2, 0.25) is 0 Å². The highest BCUT2D eigenvalue weighted by atomic mass is 127. The van der Waals surface area contributed by atoms with Crippen LogP contribution < -0.4 is 0 Å². The first kappa shape index (κ1) is 27.6. The number of ketones is 1. The van der Waals surface area contributed by atoms with Crippen LogP contribution in [-0.4, -0.2) is 56.2 Å². The maximum Gasteiger partial charge on any atom is 0.310 e. The molecule has 0 radical (unpaired) electrons. The Kier molecular flexibility index (Phi) is 8.22. The van der Waals surface area contributed by atoms with Crippen LogP contribution in [0.4, 0.5) is 0 Å². The quantitative estimate of drug-likeness (QED) is 0.173. The van der Waals surface area contributed by atoms with Crippen LogP contribution in [0, 0.1) is 34.0 Å². The number of halogens is 1. The van der Waals surface area contributed by atoms with Gasteiger partial charge in [-0.05, 0) is 49.0 Å². The first-order valence-corrected chi connectivity index (χ1v) is 14.2. The smallest absolute Gasteiger partial charge is 0.310 e. The predicted octanol–water partition coefficient (Wildman–Crippen LogP) is 4.54. The molecule has 2 saturated carbocycles. The molecule has 200 valence electrons. The zero-order valence-electron chi connectivity index (χ0n) is 21.5. The van der Waals surface area contributed by atoms with E-state index in [0.29, 0.717) is 45.3 Å². The maximum absolute atomic E-state index is 14.7. The van der Waals surface area contributed by atoms with Crippen molar-refractivity contribution in [2.45, 2.75) is 52.1 Å². The molecule has 0 bridgehead atoms. The number of furan rings is 1. The van der Waals surface area contributed by atoms with Gasteiger partial charge >= 0.3 is 11.9 Å². The summed E-state index contributed by atoms with van der Waals surface area (Å²) in [6.07, 6.45) is 5.06. The normalized spacial score (nSPS) is 38.1. The molecule has 7 atom stereocenters. The SMILES string of the molecule is COC[C@@]1(CCOCCI)C[C@@H](C(=O)OC)[C@]2(C)CC[C@H]3C(=O)O[C@H](c4ccoc4)C[C@]3(C)[C@H]2C1=O. The van der Waals surface area contributed by atoms with E-state index in [2.05, 4.69) is 22.6 Å². The van der Waals surface area contributed by atoms with Gasteiger partial charge in [-0.15, -0.1) is 0 Å². The highest BCUT2D eigenvalue weighted by molar-refractivity contribution is 14.1. The number of alkyl halides is 1. The second-order valence-electron chi connectivity index (χ2n) is 11.1. The van der Waals surface area contributed by atoms with Crippen LogP contribution in [0.2, 0.25) is 0 Å². The molecule has 0 N–H and O–H groups in total. The Morgan fingerprint density at radius 1 is 1.17 bits per heavy atom. The Bertz CT molecular complexity index is 963. The Morgan fingerprint density at radius 3 is 2.58 bits per heavy atom. The number of esters is 2. The van der Waals surface area contributed by atoms with Crippen molar-refractivity contribution in [3.63, 3.8) is 0 Å². The molecule has 3 fully saturated rings. The molecule has 0 spiro atoms. The van der Waals surface area contributed by atoms with Crippen molar-refractivity contribution in [1.82, 2.24) is 0 Å². The van der Waals surface area contributed by atoms with Gasteiger partial charge in [0, 0.05) is 29.6 Å². The van der Waals surface area contributed by atoms with Crippen molar-refractivity contribution < 1.29 is 37.7 Å². The standard InChI is InChI=1S/C27H37IO8/c1-25-7-5-18-24(31)36-20(17-6-10-35-15-17)14-26(18,2)21(25)22(29)27(16-32-3,8-11-34-12-9-28)13-19(25)23(30)33-4/h6,10,15,18-21H,5,7-9,11-14,16H2,1-4H3/t18-,19-,20-,21-,25-,26-,27+/m0/s1. The lowest BCUT2D eigenvalue weighted by Gasteiger charge is -2.63. The second kappa shape index (κ2) is 10.7. The monoisotopic (exact) mass is 616 g/mol. The molecule has 2 heterocycles. The molecule has 9 heteroatoms. The Balaban J connectivity index is 1.80. The van der Waals surface area contributed by atoms with Crippen molar-refractivity contribution in [2.75, 3.05) is 38.5 Å². The fourth-order valence-electron chi connectivity index (χ4n) is 7.47. The van der Waals surface area contributed by atoms with E-state index in [1.165, 1.54) is 7.11 Å². The zero-order chi connectivity index (χ0) is 26.1. The third kappa shape index (κ3) is 4.53. The summed E-state index contributed by atoms with van der Waals surface area (Å²) >= 11 is 2.25. The molecule has 0 unspecified atom stereocenters. The lowest BCUT2D eigenvalue weighted by atomic mass is 9.40. The van der Waals surface area contributed by atoms with Crippen molar-refractivity contribution >= 4 is 40.3 Å². The summed E-state index contributed by atoms with van der Waals surface area (Å²) in [5.41, 5.74) is -1.47. The van der Waals surface area contributed by atoms with Crippen molar-refractivity contribution in [2.24, 2.45) is 34.0 Å². The predicted molar refractivity (Wildman–Crippen MR) is 138 cm³/mol. The number of fused-ring (bicyclic) bond motifs is 3. The lowest BCUT2D eigenvalue weighted by Crippen LogP contribution is -2.66.